The summed E-state index contributed by atoms with van der Waals surface area (Å²) >= 11 is 5.27. The number of allylic oxidation sites excluding steroid dienone is 1. The van der Waals surface area contributed by atoms with Crippen molar-refractivity contribution in [2.75, 3.05) is 4.72 Å². The lowest BCUT2D eigenvalue weighted by Gasteiger charge is -2.09. The van der Waals surface area contributed by atoms with Gasteiger partial charge in [-0.25, -0.2) is 8.42 Å². The summed E-state index contributed by atoms with van der Waals surface area (Å²) in [6.45, 7) is 0. The molecular weight excluding hydrogens is 382 g/mol. The fourth-order valence-electron chi connectivity index (χ4n) is 2.54. The number of rotatable bonds is 6. The summed E-state index contributed by atoms with van der Waals surface area (Å²) in [7, 11) is -3.73. The third-order valence-electron chi connectivity index (χ3n) is 3.82. The van der Waals surface area contributed by atoms with E-state index >= 15 is 0 Å². The van der Waals surface area contributed by atoms with Crippen molar-refractivity contribution in [3.8, 4) is 11.1 Å². The van der Waals surface area contributed by atoms with Crippen LogP contribution in [0.4, 0.5) is 5.69 Å². The van der Waals surface area contributed by atoms with Crippen molar-refractivity contribution in [1.29, 1.82) is 0 Å². The SMILES string of the molecule is O=C(Cl)/C=C/c1cccc(NS(=O)(=O)c2ccc(-c3ccccc3)cc2)c1. The molecule has 0 radical (unpaired) electrons. The average molecular weight is 398 g/mol. The molecule has 0 aliphatic rings. The Labute approximate surface area is 163 Å². The van der Waals surface area contributed by atoms with Gasteiger partial charge in [0.15, 0.2) is 0 Å². The fraction of sp³-hybridized carbons (Fsp3) is 0. The van der Waals surface area contributed by atoms with E-state index < -0.39 is 15.3 Å². The molecule has 4 nitrogen and oxygen atoms in total. The van der Waals surface area contributed by atoms with E-state index in [-0.39, 0.29) is 4.90 Å². The molecule has 0 aliphatic heterocycles. The van der Waals surface area contributed by atoms with Crippen LogP contribution in [0.3, 0.4) is 0 Å². The summed E-state index contributed by atoms with van der Waals surface area (Å²) in [4.78, 5) is 11.0. The highest BCUT2D eigenvalue weighted by molar-refractivity contribution is 7.92. The molecule has 3 rings (SSSR count). The van der Waals surface area contributed by atoms with Gasteiger partial charge in [-0.1, -0.05) is 60.7 Å². The van der Waals surface area contributed by atoms with Crippen LogP contribution in [-0.4, -0.2) is 13.7 Å². The van der Waals surface area contributed by atoms with Crippen LogP contribution in [0.1, 0.15) is 5.56 Å². The maximum absolute atomic E-state index is 12.6. The fourth-order valence-corrected chi connectivity index (χ4v) is 3.65. The zero-order chi connectivity index (χ0) is 19.3. The molecule has 0 atom stereocenters. The van der Waals surface area contributed by atoms with Crippen LogP contribution in [0.25, 0.3) is 17.2 Å². The second-order valence-corrected chi connectivity index (χ2v) is 7.81. The Morgan fingerprint density at radius 1 is 0.852 bits per heavy atom. The molecule has 1 N–H and O–H groups in total. The maximum atomic E-state index is 12.6. The lowest BCUT2D eigenvalue weighted by Crippen LogP contribution is -2.12. The number of nitrogens with one attached hydrogen (secondary N) is 1. The standard InChI is InChI=1S/C21H16ClNO3S/c22-21(24)14-9-16-5-4-8-19(15-16)23-27(25,26)20-12-10-18(11-13-20)17-6-2-1-3-7-17/h1-15,23H/b14-9+. The third kappa shape index (κ3) is 5.06. The number of halogens is 1. The van der Waals surface area contributed by atoms with E-state index in [4.69, 9.17) is 11.6 Å². The third-order valence-corrected chi connectivity index (χ3v) is 5.34. The quantitative estimate of drug-likeness (QED) is 0.473. The van der Waals surface area contributed by atoms with Crippen molar-refractivity contribution in [2.45, 2.75) is 4.90 Å². The van der Waals surface area contributed by atoms with Crippen molar-refractivity contribution in [2.24, 2.45) is 0 Å². The highest BCUT2D eigenvalue weighted by Gasteiger charge is 2.14. The van der Waals surface area contributed by atoms with Gasteiger partial charge >= 0.3 is 0 Å². The van der Waals surface area contributed by atoms with Gasteiger partial charge in [-0.3, -0.25) is 9.52 Å². The maximum Gasteiger partial charge on any atom is 0.261 e. The molecule has 3 aromatic rings. The highest BCUT2D eigenvalue weighted by atomic mass is 35.5. The number of carbonyl (C=O) groups excluding carboxylic acids is 1. The first-order chi connectivity index (χ1) is 12.9. The van der Waals surface area contributed by atoms with Gasteiger partial charge in [-0.15, -0.1) is 0 Å². The molecule has 3 aromatic carbocycles. The van der Waals surface area contributed by atoms with Crippen LogP contribution < -0.4 is 4.72 Å². The summed E-state index contributed by atoms with van der Waals surface area (Å²) in [5.74, 6) is 0. The van der Waals surface area contributed by atoms with Crippen molar-refractivity contribution >= 4 is 38.6 Å². The van der Waals surface area contributed by atoms with E-state index in [1.54, 1.807) is 48.5 Å². The first kappa shape index (κ1) is 18.9. The average Bonchev–Trinajstić information content (AvgIpc) is 2.67. The monoisotopic (exact) mass is 397 g/mol. The van der Waals surface area contributed by atoms with Gasteiger partial charge in [0.2, 0.25) is 5.24 Å². The van der Waals surface area contributed by atoms with E-state index in [0.717, 1.165) is 11.1 Å². The van der Waals surface area contributed by atoms with Crippen molar-refractivity contribution in [3.63, 3.8) is 0 Å². The zero-order valence-electron chi connectivity index (χ0n) is 14.2. The minimum absolute atomic E-state index is 0.166. The van der Waals surface area contributed by atoms with Gasteiger partial charge in [0.1, 0.15) is 0 Å². The summed E-state index contributed by atoms with van der Waals surface area (Å²) < 4.78 is 27.8. The molecule has 0 amide bonds. The van der Waals surface area contributed by atoms with Crippen LogP contribution in [0.2, 0.25) is 0 Å². The predicted octanol–water partition coefficient (Wildman–Crippen LogP) is 4.93. The zero-order valence-corrected chi connectivity index (χ0v) is 15.7. The van der Waals surface area contributed by atoms with Gasteiger partial charge in [0, 0.05) is 5.69 Å². The van der Waals surface area contributed by atoms with Gasteiger partial charge in [0.25, 0.3) is 10.0 Å². The number of carbonyl (C=O) groups is 1. The summed E-state index contributed by atoms with van der Waals surface area (Å²) in [6, 6.07) is 23.1. The topological polar surface area (TPSA) is 63.2 Å². The minimum atomic E-state index is -3.73. The van der Waals surface area contributed by atoms with Crippen LogP contribution in [0.5, 0.6) is 0 Å². The van der Waals surface area contributed by atoms with Crippen molar-refractivity contribution in [1.82, 2.24) is 0 Å². The van der Waals surface area contributed by atoms with Crippen LogP contribution in [0, 0.1) is 0 Å². The molecule has 0 heterocycles. The van der Waals surface area contributed by atoms with E-state index in [1.165, 1.54) is 12.2 Å². The molecule has 6 heteroatoms. The number of sulfonamides is 1. The summed E-state index contributed by atoms with van der Waals surface area (Å²) in [5.41, 5.74) is 3.00. The minimum Gasteiger partial charge on any atom is -0.280 e. The number of anilines is 1. The molecule has 0 saturated carbocycles. The number of benzene rings is 3. The van der Waals surface area contributed by atoms with E-state index in [9.17, 15) is 13.2 Å². The molecule has 0 aromatic heterocycles. The lowest BCUT2D eigenvalue weighted by atomic mass is 10.1. The van der Waals surface area contributed by atoms with E-state index in [2.05, 4.69) is 4.72 Å². The normalized spacial score (nSPS) is 11.4. The second kappa shape index (κ2) is 8.20. The molecule has 27 heavy (non-hydrogen) atoms. The predicted molar refractivity (Wildman–Crippen MR) is 109 cm³/mol. The second-order valence-electron chi connectivity index (χ2n) is 5.76. The van der Waals surface area contributed by atoms with Crippen LogP contribution >= 0.6 is 11.6 Å². The van der Waals surface area contributed by atoms with E-state index in [1.807, 2.05) is 30.3 Å². The molecule has 0 spiro atoms. The smallest absolute Gasteiger partial charge is 0.261 e. The first-order valence-corrected chi connectivity index (χ1v) is 9.96. The highest BCUT2D eigenvalue weighted by Crippen LogP contribution is 2.23. The Morgan fingerprint density at radius 2 is 1.52 bits per heavy atom. The Bertz CT molecular complexity index is 1080. The Kier molecular flexibility index (Phi) is 5.74. The Morgan fingerprint density at radius 3 is 2.19 bits per heavy atom. The number of hydrogen-bond donors (Lipinski definition) is 1. The van der Waals surface area contributed by atoms with Crippen molar-refractivity contribution < 1.29 is 13.2 Å². The first-order valence-electron chi connectivity index (χ1n) is 8.10. The van der Waals surface area contributed by atoms with Crippen molar-refractivity contribution in [3.05, 3.63) is 90.5 Å². The molecule has 136 valence electrons. The van der Waals surface area contributed by atoms with Gasteiger partial charge in [-0.2, -0.15) is 0 Å². The van der Waals surface area contributed by atoms with Gasteiger partial charge < -0.3 is 0 Å². The van der Waals surface area contributed by atoms with Crippen LogP contribution in [0.15, 0.2) is 89.8 Å². The van der Waals surface area contributed by atoms with Crippen LogP contribution in [-0.2, 0) is 14.8 Å². The lowest BCUT2D eigenvalue weighted by molar-refractivity contribution is -0.107. The molecule has 0 unspecified atom stereocenters. The summed E-state index contributed by atoms with van der Waals surface area (Å²) in [5, 5.41) is -0.598. The summed E-state index contributed by atoms with van der Waals surface area (Å²) in [6.07, 6.45) is 2.72. The largest absolute Gasteiger partial charge is 0.280 e. The molecule has 0 bridgehead atoms. The Balaban J connectivity index is 1.81. The van der Waals surface area contributed by atoms with E-state index in [0.29, 0.717) is 11.3 Å². The molecule has 0 fully saturated rings. The Hall–Kier alpha value is -2.89. The molecular formula is C21H16ClNO3S. The molecule has 0 aliphatic carbocycles. The van der Waals surface area contributed by atoms with Gasteiger partial charge in [-0.05, 0) is 58.6 Å². The number of hydrogen-bond acceptors (Lipinski definition) is 3. The molecule has 0 saturated heterocycles. The van der Waals surface area contributed by atoms with Gasteiger partial charge in [0.05, 0.1) is 4.90 Å².